The maximum Gasteiger partial charge on any atom is 0.132 e. The van der Waals surface area contributed by atoms with Gasteiger partial charge in [0, 0.05) is 12.8 Å². The molecule has 0 radical (unpaired) electrons. The van der Waals surface area contributed by atoms with Gasteiger partial charge in [0.1, 0.15) is 5.78 Å². The van der Waals surface area contributed by atoms with Crippen LogP contribution in [0.5, 0.6) is 0 Å². The van der Waals surface area contributed by atoms with Crippen LogP contribution in [0.1, 0.15) is 116 Å². The molecule has 0 rings (SSSR count). The molecular formula is C20H41NO3. The Kier molecular flexibility index (Phi) is 18.5. The molecule has 0 aromatic rings. The molecule has 0 unspecified atom stereocenters. The van der Waals surface area contributed by atoms with E-state index in [1.165, 1.54) is 64.2 Å². The van der Waals surface area contributed by atoms with Crippen molar-refractivity contribution >= 4 is 5.78 Å². The first-order valence-corrected chi connectivity index (χ1v) is 10.3. The lowest BCUT2D eigenvalue weighted by molar-refractivity contribution is -0.306. The van der Waals surface area contributed by atoms with Gasteiger partial charge in [0.25, 0.3) is 0 Å². The molecule has 0 aliphatic rings. The zero-order chi connectivity index (χ0) is 17.9. The molecule has 0 aromatic heterocycles. The zero-order valence-electron chi connectivity index (χ0n) is 16.0. The van der Waals surface area contributed by atoms with Crippen molar-refractivity contribution in [2.45, 2.75) is 116 Å². The second-order valence-corrected chi connectivity index (χ2v) is 7.08. The van der Waals surface area contributed by atoms with Crippen LogP contribution in [0.2, 0.25) is 0 Å². The molecule has 0 saturated heterocycles. The van der Waals surface area contributed by atoms with Crippen molar-refractivity contribution in [2.24, 2.45) is 0 Å². The van der Waals surface area contributed by atoms with E-state index >= 15 is 0 Å². The van der Waals surface area contributed by atoms with Gasteiger partial charge in [-0.2, -0.15) is 0 Å². The number of Topliss-reactive ketones (excluding diaryl/α,β-unsaturated/α-hetero) is 1. The predicted molar refractivity (Wildman–Crippen MR) is 99.4 cm³/mol. The molecule has 0 atom stereocenters. The lowest BCUT2D eigenvalue weighted by Gasteiger charge is -2.05. The van der Waals surface area contributed by atoms with Gasteiger partial charge in [-0.15, -0.1) is 0 Å². The van der Waals surface area contributed by atoms with Crippen LogP contribution in [0, 0.1) is 0 Å². The Bertz CT molecular complexity index is 270. The van der Waals surface area contributed by atoms with E-state index in [2.05, 4.69) is 6.92 Å². The van der Waals surface area contributed by atoms with Gasteiger partial charge < -0.3 is 0 Å². The highest BCUT2D eigenvalue weighted by Crippen LogP contribution is 2.13. The largest absolute Gasteiger partial charge is 0.300 e. The van der Waals surface area contributed by atoms with Crippen LogP contribution in [0.25, 0.3) is 0 Å². The Morgan fingerprint density at radius 1 is 0.625 bits per heavy atom. The van der Waals surface area contributed by atoms with Crippen LogP contribution in [-0.2, 0) is 4.79 Å². The fourth-order valence-electron chi connectivity index (χ4n) is 3.04. The summed E-state index contributed by atoms with van der Waals surface area (Å²) in [6.45, 7) is 2.54. The van der Waals surface area contributed by atoms with Gasteiger partial charge in [-0.1, -0.05) is 89.2 Å². The number of hydrogen-bond acceptors (Lipinski definition) is 4. The first-order valence-electron chi connectivity index (χ1n) is 10.3. The third-order valence-electron chi connectivity index (χ3n) is 4.62. The van der Waals surface area contributed by atoms with E-state index in [-0.39, 0.29) is 11.8 Å². The third-order valence-corrected chi connectivity index (χ3v) is 4.62. The number of rotatable bonds is 19. The number of hydrogen-bond donors (Lipinski definition) is 2. The monoisotopic (exact) mass is 343 g/mol. The highest BCUT2D eigenvalue weighted by atomic mass is 16.8. The minimum Gasteiger partial charge on any atom is -0.300 e. The topological polar surface area (TPSA) is 60.8 Å². The normalized spacial score (nSPS) is 11.3. The van der Waals surface area contributed by atoms with Gasteiger partial charge in [0.15, 0.2) is 0 Å². The number of carbonyl (C=O) groups is 1. The van der Waals surface area contributed by atoms with Crippen LogP contribution in [0.3, 0.4) is 0 Å². The Morgan fingerprint density at radius 3 is 1.42 bits per heavy atom. The summed E-state index contributed by atoms with van der Waals surface area (Å²) in [6, 6.07) is 0. The third kappa shape index (κ3) is 19.6. The fraction of sp³-hybridized carbons (Fsp3) is 0.950. The highest BCUT2D eigenvalue weighted by Gasteiger charge is 2.02. The van der Waals surface area contributed by atoms with Crippen LogP contribution >= 0.6 is 0 Å². The van der Waals surface area contributed by atoms with E-state index in [9.17, 15) is 4.79 Å². The summed E-state index contributed by atoms with van der Waals surface area (Å²) in [5.41, 5.74) is 0. The lowest BCUT2D eigenvalue weighted by atomic mass is 10.0. The van der Waals surface area contributed by atoms with Crippen LogP contribution in [0.4, 0.5) is 0 Å². The highest BCUT2D eigenvalue weighted by molar-refractivity contribution is 5.78. The summed E-state index contributed by atoms with van der Waals surface area (Å²) < 4.78 is 0. The van der Waals surface area contributed by atoms with Gasteiger partial charge in [0.2, 0.25) is 0 Å². The van der Waals surface area contributed by atoms with Crippen LogP contribution in [0.15, 0.2) is 0 Å². The van der Waals surface area contributed by atoms with E-state index in [4.69, 9.17) is 10.4 Å². The fourth-order valence-corrected chi connectivity index (χ4v) is 3.04. The second-order valence-electron chi connectivity index (χ2n) is 7.08. The van der Waals surface area contributed by atoms with Crippen molar-refractivity contribution in [1.29, 1.82) is 0 Å². The molecule has 0 bridgehead atoms. The van der Waals surface area contributed by atoms with Crippen molar-refractivity contribution in [3.05, 3.63) is 0 Å². The predicted octanol–water partition coefficient (Wildman–Crippen LogP) is 6.29. The van der Waals surface area contributed by atoms with E-state index in [1.807, 2.05) is 0 Å². The number of carbonyl (C=O) groups excluding carboxylic acids is 1. The molecule has 0 amide bonds. The molecule has 0 saturated carbocycles. The Hall–Kier alpha value is -0.450. The molecule has 4 heteroatoms. The summed E-state index contributed by atoms with van der Waals surface area (Å²) in [5.74, 6) is 0.400. The summed E-state index contributed by atoms with van der Waals surface area (Å²) in [7, 11) is 0. The van der Waals surface area contributed by atoms with E-state index in [0.29, 0.717) is 12.2 Å². The smallest absolute Gasteiger partial charge is 0.132 e. The standard InChI is InChI=1S/C20H41NO3/c1-2-3-4-5-6-7-8-9-10-11-14-17-20(22)18-15-12-13-16-19-21(23)24/h23-24H,2-19H2,1H3. The molecule has 0 heterocycles. The van der Waals surface area contributed by atoms with Crippen LogP contribution in [-0.4, -0.2) is 28.0 Å². The van der Waals surface area contributed by atoms with Gasteiger partial charge >= 0.3 is 0 Å². The first-order chi connectivity index (χ1) is 11.7. The molecule has 2 N–H and O–H groups in total. The average molecular weight is 344 g/mol. The molecule has 0 aromatic carbocycles. The summed E-state index contributed by atoms with van der Waals surface area (Å²) in [5, 5.41) is 17.4. The van der Waals surface area contributed by atoms with Crippen molar-refractivity contribution in [1.82, 2.24) is 5.23 Å². The molecule has 24 heavy (non-hydrogen) atoms. The molecule has 0 aliphatic heterocycles. The molecular weight excluding hydrogens is 302 g/mol. The van der Waals surface area contributed by atoms with E-state index in [0.717, 1.165) is 38.5 Å². The summed E-state index contributed by atoms with van der Waals surface area (Å²) >= 11 is 0. The quantitative estimate of drug-likeness (QED) is 0.214. The van der Waals surface area contributed by atoms with Gasteiger partial charge in [-0.25, -0.2) is 0 Å². The first kappa shape index (κ1) is 23.5. The molecule has 4 nitrogen and oxygen atoms in total. The van der Waals surface area contributed by atoms with Gasteiger partial charge in [-0.05, 0) is 19.3 Å². The molecule has 144 valence electrons. The minimum absolute atomic E-state index is 0.234. The number of nitrogens with zero attached hydrogens (tertiary/aromatic N) is 1. The summed E-state index contributed by atoms with van der Waals surface area (Å²) in [6.07, 6.45) is 19.6. The van der Waals surface area contributed by atoms with Crippen molar-refractivity contribution in [3.8, 4) is 0 Å². The maximum atomic E-state index is 11.8. The van der Waals surface area contributed by atoms with Gasteiger partial charge in [0.05, 0.1) is 6.54 Å². The Balaban J connectivity index is 3.15. The molecule has 0 spiro atoms. The van der Waals surface area contributed by atoms with Crippen molar-refractivity contribution in [2.75, 3.05) is 6.54 Å². The lowest BCUT2D eigenvalue weighted by Crippen LogP contribution is -2.14. The SMILES string of the molecule is CCCCCCCCCCCCCC(=O)CCCCCCN(O)O. The second kappa shape index (κ2) is 18.9. The number of hydroxylamine groups is 2. The number of ketones is 1. The zero-order valence-corrected chi connectivity index (χ0v) is 16.0. The van der Waals surface area contributed by atoms with Crippen molar-refractivity contribution in [3.63, 3.8) is 0 Å². The van der Waals surface area contributed by atoms with E-state index < -0.39 is 0 Å². The average Bonchev–Trinajstić information content (AvgIpc) is 2.55. The molecule has 0 fully saturated rings. The van der Waals surface area contributed by atoms with Gasteiger partial charge in [-0.3, -0.25) is 15.2 Å². The van der Waals surface area contributed by atoms with Crippen LogP contribution < -0.4 is 0 Å². The minimum atomic E-state index is 0.234. The summed E-state index contributed by atoms with van der Waals surface area (Å²) in [4.78, 5) is 11.8. The number of unbranched alkanes of at least 4 members (excludes halogenated alkanes) is 13. The maximum absolute atomic E-state index is 11.8. The van der Waals surface area contributed by atoms with E-state index in [1.54, 1.807) is 0 Å². The van der Waals surface area contributed by atoms with Crippen molar-refractivity contribution < 1.29 is 15.2 Å². The molecule has 0 aliphatic carbocycles. The Labute approximate surface area is 149 Å². The Morgan fingerprint density at radius 2 is 1.00 bits per heavy atom.